The largest absolute Gasteiger partial charge is 0.461 e. The van der Waals surface area contributed by atoms with E-state index in [1.807, 2.05) is 43.9 Å². The Balaban J connectivity index is 1.71. The van der Waals surface area contributed by atoms with Crippen molar-refractivity contribution in [3.05, 3.63) is 40.3 Å². The topological polar surface area (TPSA) is 90.7 Å². The average Bonchev–Trinajstić information content (AvgIpc) is 2.97. The van der Waals surface area contributed by atoms with Crippen molar-refractivity contribution in [3.8, 4) is 0 Å². The first kappa shape index (κ1) is 21.3. The fourth-order valence-electron chi connectivity index (χ4n) is 4.82. The van der Waals surface area contributed by atoms with Crippen LogP contribution in [0.2, 0.25) is 0 Å². The Morgan fingerprint density at radius 2 is 1.74 bits per heavy atom. The molecule has 4 rings (SSSR count). The Kier molecular flexibility index (Phi) is 5.49. The Bertz CT molecular complexity index is 1060. The predicted octanol–water partition coefficient (Wildman–Crippen LogP) is 3.68. The number of piperidine rings is 1. The lowest BCUT2D eigenvalue weighted by molar-refractivity contribution is 0.00300. The van der Waals surface area contributed by atoms with Gasteiger partial charge in [-0.15, -0.1) is 0 Å². The molecule has 8 heteroatoms. The fourth-order valence-corrected chi connectivity index (χ4v) is 4.82. The molecule has 0 N–H and O–H groups in total. The molecule has 31 heavy (non-hydrogen) atoms. The second-order valence-electron chi connectivity index (χ2n) is 9.24. The quantitative estimate of drug-likeness (QED) is 0.694. The molecular formula is C23H29N3O5. The van der Waals surface area contributed by atoms with Crippen molar-refractivity contribution in [2.24, 2.45) is 0 Å². The molecule has 0 aliphatic carbocycles. The Labute approximate surface area is 181 Å². The van der Waals surface area contributed by atoms with Crippen LogP contribution >= 0.6 is 0 Å². The summed E-state index contributed by atoms with van der Waals surface area (Å²) in [6, 6.07) is 7.19. The maximum absolute atomic E-state index is 13.3. The van der Waals surface area contributed by atoms with Gasteiger partial charge in [0.05, 0.1) is 17.6 Å². The van der Waals surface area contributed by atoms with Gasteiger partial charge in [-0.3, -0.25) is 4.79 Å². The van der Waals surface area contributed by atoms with Crippen LogP contribution < -0.4 is 5.56 Å². The number of para-hydroxylation sites is 2. The number of esters is 1. The molecular weight excluding hydrogens is 398 g/mol. The number of carbonyl (C=O) groups is 2. The van der Waals surface area contributed by atoms with E-state index in [1.54, 1.807) is 17.6 Å². The molecule has 2 aromatic rings. The minimum absolute atomic E-state index is 0.00321. The van der Waals surface area contributed by atoms with Gasteiger partial charge in [-0.05, 0) is 65.5 Å². The van der Waals surface area contributed by atoms with Gasteiger partial charge < -0.3 is 18.9 Å². The number of rotatable bonds is 3. The Morgan fingerprint density at radius 3 is 2.35 bits per heavy atom. The lowest BCUT2D eigenvalue weighted by Crippen LogP contribution is -2.50. The van der Waals surface area contributed by atoms with Gasteiger partial charge in [0.1, 0.15) is 5.60 Å². The molecule has 0 spiro atoms. The summed E-state index contributed by atoms with van der Waals surface area (Å²) in [7, 11) is 0. The van der Waals surface area contributed by atoms with E-state index in [2.05, 4.69) is 4.98 Å². The maximum atomic E-state index is 13.3. The molecule has 0 saturated carbocycles. The van der Waals surface area contributed by atoms with Crippen LogP contribution in [0, 0.1) is 0 Å². The maximum Gasteiger partial charge on any atom is 0.410 e. The highest BCUT2D eigenvalue weighted by Crippen LogP contribution is 2.41. The molecule has 2 saturated heterocycles. The van der Waals surface area contributed by atoms with E-state index in [0.717, 1.165) is 12.8 Å². The van der Waals surface area contributed by atoms with Gasteiger partial charge in [0.2, 0.25) is 5.69 Å². The number of fused-ring (bicyclic) bond motifs is 3. The highest BCUT2D eigenvalue weighted by atomic mass is 16.6. The SMILES string of the molecule is CCOC(=O)c1nc2ccccc2n([C@H]2CC3CC[C@@H](C2)N3C(=O)OC(C)(C)C)c1=O. The first-order valence-electron chi connectivity index (χ1n) is 10.9. The molecule has 0 radical (unpaired) electrons. The van der Waals surface area contributed by atoms with Gasteiger partial charge in [0, 0.05) is 18.1 Å². The van der Waals surface area contributed by atoms with Crippen molar-refractivity contribution in [1.82, 2.24) is 14.5 Å². The van der Waals surface area contributed by atoms with Crippen molar-refractivity contribution in [1.29, 1.82) is 0 Å². The van der Waals surface area contributed by atoms with Gasteiger partial charge in [0.25, 0.3) is 5.56 Å². The normalized spacial score (nSPS) is 23.1. The van der Waals surface area contributed by atoms with Crippen LogP contribution in [0.4, 0.5) is 4.79 Å². The highest BCUT2D eigenvalue weighted by molar-refractivity contribution is 5.89. The zero-order valence-electron chi connectivity index (χ0n) is 18.5. The highest BCUT2D eigenvalue weighted by Gasteiger charge is 2.46. The first-order valence-corrected chi connectivity index (χ1v) is 10.9. The lowest BCUT2D eigenvalue weighted by atomic mass is 9.97. The molecule has 1 aromatic heterocycles. The van der Waals surface area contributed by atoms with Gasteiger partial charge in [-0.25, -0.2) is 14.6 Å². The molecule has 2 aliphatic rings. The number of nitrogens with zero attached hydrogens (tertiary/aromatic N) is 3. The van der Waals surface area contributed by atoms with Crippen molar-refractivity contribution < 1.29 is 19.1 Å². The van der Waals surface area contributed by atoms with Crippen molar-refractivity contribution in [2.45, 2.75) is 77.1 Å². The third-order valence-electron chi connectivity index (χ3n) is 5.94. The summed E-state index contributed by atoms with van der Waals surface area (Å²) in [6.07, 6.45) is 2.72. The van der Waals surface area contributed by atoms with Gasteiger partial charge >= 0.3 is 12.1 Å². The zero-order valence-corrected chi connectivity index (χ0v) is 18.5. The molecule has 2 bridgehead atoms. The summed E-state index contributed by atoms with van der Waals surface area (Å²) >= 11 is 0. The molecule has 1 aromatic carbocycles. The number of aromatic nitrogens is 2. The van der Waals surface area contributed by atoms with Crippen LogP contribution in [0.15, 0.2) is 29.1 Å². The van der Waals surface area contributed by atoms with Gasteiger partial charge in [-0.2, -0.15) is 0 Å². The average molecular weight is 428 g/mol. The Hall–Kier alpha value is -2.90. The van der Waals surface area contributed by atoms with E-state index in [9.17, 15) is 14.4 Å². The standard InChI is InChI=1S/C23H29N3O5/c1-5-30-21(28)19-20(27)26(18-9-7-6-8-17(18)24-19)16-12-14-10-11-15(13-16)25(14)22(29)31-23(2,3)4/h6-9,14-16H,5,10-13H2,1-4H3/t14-,15?,16+/m0/s1. The van der Waals surface area contributed by atoms with Crippen LogP contribution in [0.3, 0.4) is 0 Å². The second kappa shape index (κ2) is 7.98. The number of amides is 1. The fraction of sp³-hybridized carbons (Fsp3) is 0.565. The van der Waals surface area contributed by atoms with Crippen LogP contribution in [-0.4, -0.2) is 50.8 Å². The van der Waals surface area contributed by atoms with Crippen LogP contribution in [0.25, 0.3) is 11.0 Å². The molecule has 3 atom stereocenters. The van der Waals surface area contributed by atoms with Gasteiger partial charge in [0.15, 0.2) is 0 Å². The van der Waals surface area contributed by atoms with E-state index in [4.69, 9.17) is 9.47 Å². The molecule has 8 nitrogen and oxygen atoms in total. The summed E-state index contributed by atoms with van der Waals surface area (Å²) in [5.41, 5.74) is 0.0811. The zero-order chi connectivity index (χ0) is 22.3. The van der Waals surface area contributed by atoms with E-state index < -0.39 is 17.1 Å². The molecule has 166 valence electrons. The number of hydrogen-bond acceptors (Lipinski definition) is 6. The van der Waals surface area contributed by atoms with Crippen molar-refractivity contribution >= 4 is 23.1 Å². The third kappa shape index (κ3) is 4.03. The van der Waals surface area contributed by atoms with Crippen LogP contribution in [-0.2, 0) is 9.47 Å². The third-order valence-corrected chi connectivity index (χ3v) is 5.94. The molecule has 1 unspecified atom stereocenters. The van der Waals surface area contributed by atoms with E-state index in [-0.39, 0.29) is 36.5 Å². The Morgan fingerprint density at radius 1 is 1.10 bits per heavy atom. The predicted molar refractivity (Wildman–Crippen MR) is 115 cm³/mol. The minimum atomic E-state index is -0.707. The smallest absolute Gasteiger partial charge is 0.410 e. The molecule has 2 aliphatic heterocycles. The minimum Gasteiger partial charge on any atom is -0.461 e. The van der Waals surface area contributed by atoms with E-state index >= 15 is 0 Å². The summed E-state index contributed by atoms with van der Waals surface area (Å²) in [6.45, 7) is 7.45. The van der Waals surface area contributed by atoms with Crippen LogP contribution in [0.5, 0.6) is 0 Å². The van der Waals surface area contributed by atoms with Crippen LogP contribution in [0.1, 0.15) is 69.9 Å². The summed E-state index contributed by atoms with van der Waals surface area (Å²) < 4.78 is 12.4. The summed E-state index contributed by atoms with van der Waals surface area (Å²) in [4.78, 5) is 44.6. The number of ether oxygens (including phenoxy) is 2. The number of hydrogen-bond donors (Lipinski definition) is 0. The number of carbonyl (C=O) groups excluding carboxylic acids is 2. The molecule has 3 heterocycles. The second-order valence-corrected chi connectivity index (χ2v) is 9.24. The monoisotopic (exact) mass is 427 g/mol. The van der Waals surface area contributed by atoms with E-state index in [1.165, 1.54) is 0 Å². The first-order chi connectivity index (χ1) is 14.7. The number of benzene rings is 1. The molecule has 2 fully saturated rings. The van der Waals surface area contributed by atoms with Crippen molar-refractivity contribution in [2.75, 3.05) is 6.61 Å². The summed E-state index contributed by atoms with van der Waals surface area (Å²) in [5, 5.41) is 0. The molecule has 1 amide bonds. The van der Waals surface area contributed by atoms with Crippen molar-refractivity contribution in [3.63, 3.8) is 0 Å². The summed E-state index contributed by atoms with van der Waals surface area (Å²) in [5.74, 6) is -0.707. The lowest BCUT2D eigenvalue weighted by Gasteiger charge is -2.40. The van der Waals surface area contributed by atoms with E-state index in [0.29, 0.717) is 23.9 Å². The van der Waals surface area contributed by atoms with Gasteiger partial charge in [-0.1, -0.05) is 12.1 Å².